The first-order valence-corrected chi connectivity index (χ1v) is 15.4. The van der Waals surface area contributed by atoms with E-state index < -0.39 is 5.41 Å². The number of pyridine rings is 1. The third kappa shape index (κ3) is 3.54. The van der Waals surface area contributed by atoms with Crippen LogP contribution in [-0.2, 0) is 34.4 Å². The Morgan fingerprint density at radius 2 is 1.57 bits per heavy atom. The van der Waals surface area contributed by atoms with Gasteiger partial charge in [-0.2, -0.15) is 0 Å². The lowest BCUT2D eigenvalue weighted by Crippen LogP contribution is -2.72. The van der Waals surface area contributed by atoms with Crippen LogP contribution in [0.3, 0.4) is 0 Å². The van der Waals surface area contributed by atoms with Crippen LogP contribution in [0.5, 0.6) is 0 Å². The van der Waals surface area contributed by atoms with Gasteiger partial charge in [0.1, 0.15) is 0 Å². The van der Waals surface area contributed by atoms with E-state index in [4.69, 9.17) is 4.98 Å². The van der Waals surface area contributed by atoms with Gasteiger partial charge in [0.05, 0.1) is 22.0 Å². The second-order valence-corrected chi connectivity index (χ2v) is 13.3. The van der Waals surface area contributed by atoms with E-state index in [1.807, 2.05) is 24.4 Å². The number of benzene rings is 2. The Labute approximate surface area is 235 Å². The largest absolute Gasteiger partial charge is 0.330 e. The van der Waals surface area contributed by atoms with E-state index in [0.29, 0.717) is 25.3 Å². The van der Waals surface area contributed by atoms with E-state index in [1.54, 1.807) is 0 Å². The molecule has 6 nitrogen and oxygen atoms in total. The highest BCUT2D eigenvalue weighted by molar-refractivity contribution is 6.07. The fourth-order valence-electron chi connectivity index (χ4n) is 8.77. The highest BCUT2D eigenvalue weighted by Crippen LogP contribution is 2.48. The lowest BCUT2D eigenvalue weighted by atomic mass is 9.79. The molecule has 2 N–H and O–H groups in total. The van der Waals surface area contributed by atoms with Crippen molar-refractivity contribution in [2.75, 3.05) is 11.9 Å². The summed E-state index contributed by atoms with van der Waals surface area (Å²) in [6, 6.07) is 14.8. The number of hydrogen-bond acceptors (Lipinski definition) is 4. The van der Waals surface area contributed by atoms with Gasteiger partial charge in [0.25, 0.3) is 0 Å². The van der Waals surface area contributed by atoms with Crippen molar-refractivity contribution < 1.29 is 9.59 Å². The molecule has 8 rings (SSSR count). The van der Waals surface area contributed by atoms with Crippen LogP contribution in [0.25, 0.3) is 10.9 Å². The maximum atomic E-state index is 14.2. The summed E-state index contributed by atoms with van der Waals surface area (Å²) in [5.74, 6) is 0.425. The van der Waals surface area contributed by atoms with Crippen molar-refractivity contribution in [3.05, 3.63) is 70.9 Å². The number of hydrogen-bond donors (Lipinski definition) is 2. The van der Waals surface area contributed by atoms with Crippen LogP contribution in [-0.4, -0.2) is 39.3 Å². The SMILES string of the molecule is O=C1N(Cc2cnc3cc4c(cc3c2)C[C@@]2(C4)C(=O)Nc3ccccc32)C2(CCCCCC2)CNC12CCCC2. The van der Waals surface area contributed by atoms with Gasteiger partial charge in [0, 0.05) is 30.4 Å². The zero-order valence-corrected chi connectivity index (χ0v) is 23.2. The molecule has 0 radical (unpaired) electrons. The summed E-state index contributed by atoms with van der Waals surface area (Å²) < 4.78 is 0. The van der Waals surface area contributed by atoms with E-state index in [0.717, 1.165) is 72.8 Å². The Morgan fingerprint density at radius 1 is 0.850 bits per heavy atom. The van der Waals surface area contributed by atoms with Crippen LogP contribution in [0.15, 0.2) is 48.7 Å². The number of rotatable bonds is 2. The number of piperazine rings is 1. The second kappa shape index (κ2) is 8.87. The van der Waals surface area contributed by atoms with Gasteiger partial charge in [0.15, 0.2) is 0 Å². The Kier molecular flexibility index (Phi) is 5.44. The minimum absolute atomic E-state index is 0.0933. The molecule has 1 aromatic heterocycles. The molecule has 3 heterocycles. The lowest BCUT2D eigenvalue weighted by molar-refractivity contribution is -0.153. The average Bonchev–Trinajstić information content (AvgIpc) is 3.60. The number of fused-ring (bicyclic) bond motifs is 4. The molecule has 6 heteroatoms. The van der Waals surface area contributed by atoms with Crippen LogP contribution in [0.4, 0.5) is 5.69 Å². The molecule has 3 aliphatic carbocycles. The minimum atomic E-state index is -0.520. The number of aromatic nitrogens is 1. The maximum Gasteiger partial charge on any atom is 0.243 e. The monoisotopic (exact) mass is 534 g/mol. The van der Waals surface area contributed by atoms with E-state index in [1.165, 1.54) is 36.8 Å². The summed E-state index contributed by atoms with van der Waals surface area (Å²) in [6.45, 7) is 1.54. The molecular weight excluding hydrogens is 496 g/mol. The zero-order valence-electron chi connectivity index (χ0n) is 23.2. The fraction of sp³-hybridized carbons (Fsp3) is 0.500. The number of carbonyl (C=O) groups is 2. The van der Waals surface area contributed by atoms with Crippen LogP contribution in [0.2, 0.25) is 0 Å². The van der Waals surface area contributed by atoms with Crippen molar-refractivity contribution >= 4 is 28.4 Å². The molecule has 2 aromatic carbocycles. The lowest BCUT2D eigenvalue weighted by Gasteiger charge is -2.53. The standard InChI is InChI=1S/C34H38N4O2/c39-30-33(27-9-3-4-10-28(27)37-30)18-25-16-24-15-23(20-35-29(24)17-26(25)19-33)21-38-31(40)34(13-7-8-14-34)36-22-32(38)11-5-1-2-6-12-32/h3-4,9-10,15-17,20,36H,1-2,5-8,11-14,18-19,21-22H2,(H,37,39)/t33-/m0/s1. The number of anilines is 1. The van der Waals surface area contributed by atoms with Gasteiger partial charge >= 0.3 is 0 Å². The number of amides is 2. The van der Waals surface area contributed by atoms with Crippen molar-refractivity contribution in [1.82, 2.24) is 15.2 Å². The molecule has 40 heavy (non-hydrogen) atoms. The Hall–Kier alpha value is -3.25. The van der Waals surface area contributed by atoms with Crippen LogP contribution >= 0.6 is 0 Å². The predicted molar refractivity (Wildman–Crippen MR) is 156 cm³/mol. The summed E-state index contributed by atoms with van der Waals surface area (Å²) in [4.78, 5) is 34.7. The molecule has 3 fully saturated rings. The van der Waals surface area contributed by atoms with Crippen LogP contribution in [0, 0.1) is 0 Å². The molecule has 5 aliphatic rings. The third-order valence-corrected chi connectivity index (χ3v) is 11.0. The van der Waals surface area contributed by atoms with Gasteiger partial charge in [-0.25, -0.2) is 0 Å². The van der Waals surface area contributed by atoms with E-state index in [-0.39, 0.29) is 17.0 Å². The Bertz CT molecular complexity index is 1530. The van der Waals surface area contributed by atoms with Gasteiger partial charge in [-0.3, -0.25) is 14.6 Å². The molecule has 2 aliphatic heterocycles. The second-order valence-electron chi connectivity index (χ2n) is 13.3. The van der Waals surface area contributed by atoms with Gasteiger partial charge < -0.3 is 15.5 Å². The van der Waals surface area contributed by atoms with Crippen molar-refractivity contribution in [1.29, 1.82) is 0 Å². The summed E-state index contributed by atoms with van der Waals surface area (Å²) in [5, 5.41) is 8.03. The zero-order chi connectivity index (χ0) is 27.0. The smallest absolute Gasteiger partial charge is 0.243 e. The van der Waals surface area contributed by atoms with Crippen LogP contribution < -0.4 is 10.6 Å². The molecular formula is C34H38N4O2. The Balaban J connectivity index is 1.13. The minimum Gasteiger partial charge on any atom is -0.330 e. The number of para-hydroxylation sites is 1. The maximum absolute atomic E-state index is 14.2. The molecule has 0 bridgehead atoms. The summed E-state index contributed by atoms with van der Waals surface area (Å²) in [6.07, 6.45) is 14.7. The highest BCUT2D eigenvalue weighted by Gasteiger charge is 2.54. The summed E-state index contributed by atoms with van der Waals surface area (Å²) >= 11 is 0. The van der Waals surface area contributed by atoms with Gasteiger partial charge in [-0.1, -0.05) is 56.7 Å². The third-order valence-electron chi connectivity index (χ3n) is 11.0. The molecule has 206 valence electrons. The number of nitrogens with one attached hydrogen (secondary N) is 2. The molecule has 2 saturated carbocycles. The van der Waals surface area contributed by atoms with Crippen molar-refractivity contribution in [3.8, 4) is 0 Å². The molecule has 3 aromatic rings. The van der Waals surface area contributed by atoms with Crippen LogP contribution in [0.1, 0.15) is 86.5 Å². The van der Waals surface area contributed by atoms with Crippen molar-refractivity contribution in [2.45, 2.75) is 100 Å². The average molecular weight is 535 g/mol. The predicted octanol–water partition coefficient (Wildman–Crippen LogP) is 5.56. The normalized spacial score (nSPS) is 26.4. The molecule has 2 amide bonds. The summed E-state index contributed by atoms with van der Waals surface area (Å²) in [5.41, 5.74) is 5.61. The van der Waals surface area contributed by atoms with Gasteiger partial charge in [0.2, 0.25) is 11.8 Å². The Morgan fingerprint density at radius 3 is 2.38 bits per heavy atom. The van der Waals surface area contributed by atoms with E-state index in [2.05, 4.69) is 39.8 Å². The molecule has 1 saturated heterocycles. The first-order chi connectivity index (χ1) is 19.5. The van der Waals surface area contributed by atoms with E-state index >= 15 is 0 Å². The van der Waals surface area contributed by atoms with Gasteiger partial charge in [-0.05, 0) is 85.0 Å². The first kappa shape index (κ1) is 24.5. The van der Waals surface area contributed by atoms with E-state index in [9.17, 15) is 9.59 Å². The topological polar surface area (TPSA) is 74.3 Å². The molecule has 1 atom stereocenters. The first-order valence-electron chi connectivity index (χ1n) is 15.4. The summed E-state index contributed by atoms with van der Waals surface area (Å²) in [7, 11) is 0. The molecule has 0 unspecified atom stereocenters. The highest BCUT2D eigenvalue weighted by atomic mass is 16.2. The number of nitrogens with zero attached hydrogens (tertiary/aromatic N) is 2. The quantitative estimate of drug-likeness (QED) is 0.451. The van der Waals surface area contributed by atoms with Crippen molar-refractivity contribution in [3.63, 3.8) is 0 Å². The van der Waals surface area contributed by atoms with Gasteiger partial charge in [-0.15, -0.1) is 0 Å². The molecule has 3 spiro atoms. The number of carbonyl (C=O) groups excluding carboxylic acids is 2. The van der Waals surface area contributed by atoms with Crippen molar-refractivity contribution in [2.24, 2.45) is 0 Å². The fourth-order valence-corrected chi connectivity index (χ4v) is 8.77.